The Hall–Kier alpha value is -1.26. The van der Waals surface area contributed by atoms with Crippen LogP contribution in [0.5, 0.6) is 5.75 Å². The third-order valence-corrected chi connectivity index (χ3v) is 2.53. The number of rotatable bonds is 3. The molecule has 1 heterocycles. The summed E-state index contributed by atoms with van der Waals surface area (Å²) in [7, 11) is 1.67. The van der Waals surface area contributed by atoms with Crippen LogP contribution < -0.4 is 16.0 Å². The van der Waals surface area contributed by atoms with Crippen LogP contribution in [0.1, 0.15) is 11.5 Å². The van der Waals surface area contributed by atoms with Crippen molar-refractivity contribution in [1.29, 1.82) is 0 Å². The van der Waals surface area contributed by atoms with Gasteiger partial charge in [-0.1, -0.05) is 0 Å². The average Bonchev–Trinajstić information content (AvgIpc) is 2.61. The van der Waals surface area contributed by atoms with E-state index in [1.54, 1.807) is 7.11 Å². The zero-order chi connectivity index (χ0) is 9.97. The summed E-state index contributed by atoms with van der Waals surface area (Å²) in [6.45, 7) is 1.41. The zero-order valence-corrected chi connectivity index (χ0v) is 8.12. The predicted octanol–water partition coefficient (Wildman–Crippen LogP) is 1.09. The highest BCUT2D eigenvalue weighted by molar-refractivity contribution is 5.60. The van der Waals surface area contributed by atoms with E-state index in [1.807, 2.05) is 18.2 Å². The fourth-order valence-corrected chi connectivity index (χ4v) is 1.77. The topological polar surface area (TPSA) is 56.5 Å². The van der Waals surface area contributed by atoms with Crippen molar-refractivity contribution in [3.05, 3.63) is 23.8 Å². The van der Waals surface area contributed by atoms with Crippen LogP contribution in [0.25, 0.3) is 0 Å². The van der Waals surface area contributed by atoms with Gasteiger partial charge in [-0.25, -0.2) is 5.90 Å². The number of nitrogens with one attached hydrogen (secondary N) is 1. The van der Waals surface area contributed by atoms with Crippen molar-refractivity contribution < 1.29 is 9.57 Å². The van der Waals surface area contributed by atoms with Crippen LogP contribution in [0.2, 0.25) is 0 Å². The molecule has 0 radical (unpaired) electrons. The Morgan fingerprint density at radius 3 is 3.14 bits per heavy atom. The van der Waals surface area contributed by atoms with E-state index in [0.29, 0.717) is 12.5 Å². The van der Waals surface area contributed by atoms with Crippen LogP contribution in [0.15, 0.2) is 18.2 Å². The number of anilines is 1. The summed E-state index contributed by atoms with van der Waals surface area (Å²) in [5, 5.41) is 3.30. The van der Waals surface area contributed by atoms with Gasteiger partial charge in [-0.3, -0.25) is 0 Å². The first kappa shape index (κ1) is 9.30. The van der Waals surface area contributed by atoms with Crippen LogP contribution in [0.4, 0.5) is 5.69 Å². The fraction of sp³-hybridized carbons (Fsp3) is 0.400. The monoisotopic (exact) mass is 194 g/mol. The highest BCUT2D eigenvalue weighted by Crippen LogP contribution is 2.34. The second-order valence-corrected chi connectivity index (χ2v) is 3.36. The van der Waals surface area contributed by atoms with E-state index in [1.165, 1.54) is 5.56 Å². The standard InChI is InChI=1S/C10H14N2O2/c1-13-8-2-3-10-9(4-8)7(5-12-10)6-14-11/h2-4,7,12H,5-6,11H2,1H3. The molecule has 4 heteroatoms. The molecule has 1 aromatic carbocycles. The molecular weight excluding hydrogens is 180 g/mol. The Kier molecular flexibility index (Phi) is 2.56. The second kappa shape index (κ2) is 3.86. The molecule has 1 aliphatic rings. The van der Waals surface area contributed by atoms with Crippen molar-refractivity contribution in [2.45, 2.75) is 5.92 Å². The number of methoxy groups -OCH3 is 1. The third-order valence-electron chi connectivity index (χ3n) is 2.53. The van der Waals surface area contributed by atoms with Gasteiger partial charge in [0.15, 0.2) is 0 Å². The number of ether oxygens (including phenoxy) is 1. The zero-order valence-electron chi connectivity index (χ0n) is 8.12. The molecule has 0 saturated carbocycles. The maximum absolute atomic E-state index is 5.17. The smallest absolute Gasteiger partial charge is 0.119 e. The number of hydrogen-bond donors (Lipinski definition) is 2. The molecular formula is C10H14N2O2. The molecule has 14 heavy (non-hydrogen) atoms. The molecule has 2 rings (SSSR count). The first-order valence-corrected chi connectivity index (χ1v) is 4.58. The maximum Gasteiger partial charge on any atom is 0.119 e. The van der Waals surface area contributed by atoms with E-state index in [9.17, 15) is 0 Å². The Bertz CT molecular complexity index is 326. The average molecular weight is 194 g/mol. The van der Waals surface area contributed by atoms with Crippen LogP contribution in [0.3, 0.4) is 0 Å². The van der Waals surface area contributed by atoms with Crippen molar-refractivity contribution in [2.75, 3.05) is 25.6 Å². The van der Waals surface area contributed by atoms with Crippen molar-refractivity contribution >= 4 is 5.69 Å². The molecule has 0 aliphatic carbocycles. The minimum Gasteiger partial charge on any atom is -0.497 e. The van der Waals surface area contributed by atoms with Gasteiger partial charge in [0.05, 0.1) is 13.7 Å². The highest BCUT2D eigenvalue weighted by atomic mass is 16.6. The summed E-state index contributed by atoms with van der Waals surface area (Å²) in [4.78, 5) is 4.68. The van der Waals surface area contributed by atoms with E-state index in [4.69, 9.17) is 10.6 Å². The summed E-state index contributed by atoms with van der Waals surface area (Å²) in [6.07, 6.45) is 0. The van der Waals surface area contributed by atoms with Gasteiger partial charge in [0.25, 0.3) is 0 Å². The summed E-state index contributed by atoms with van der Waals surface area (Å²) in [5.41, 5.74) is 2.36. The highest BCUT2D eigenvalue weighted by Gasteiger charge is 2.22. The van der Waals surface area contributed by atoms with Crippen molar-refractivity contribution in [2.24, 2.45) is 5.90 Å². The summed E-state index contributed by atoms with van der Waals surface area (Å²) in [6, 6.07) is 5.99. The van der Waals surface area contributed by atoms with Crippen molar-refractivity contribution in [1.82, 2.24) is 0 Å². The van der Waals surface area contributed by atoms with Crippen molar-refractivity contribution in [3.63, 3.8) is 0 Å². The molecule has 1 atom stereocenters. The molecule has 1 unspecified atom stereocenters. The number of hydrogen-bond acceptors (Lipinski definition) is 4. The summed E-state index contributed by atoms with van der Waals surface area (Å²) < 4.78 is 5.17. The number of benzene rings is 1. The Morgan fingerprint density at radius 2 is 2.43 bits per heavy atom. The quantitative estimate of drug-likeness (QED) is 0.707. The van der Waals surface area contributed by atoms with Crippen LogP contribution in [-0.4, -0.2) is 20.3 Å². The molecule has 3 N–H and O–H groups in total. The molecule has 0 amide bonds. The fourth-order valence-electron chi connectivity index (χ4n) is 1.77. The van der Waals surface area contributed by atoms with Gasteiger partial charge in [-0.2, -0.15) is 0 Å². The number of fused-ring (bicyclic) bond motifs is 1. The molecule has 0 bridgehead atoms. The minimum absolute atomic E-state index is 0.324. The van der Waals surface area contributed by atoms with Gasteiger partial charge >= 0.3 is 0 Å². The molecule has 4 nitrogen and oxygen atoms in total. The Balaban J connectivity index is 2.27. The summed E-state index contributed by atoms with van der Waals surface area (Å²) >= 11 is 0. The first-order valence-electron chi connectivity index (χ1n) is 4.58. The van der Waals surface area contributed by atoms with Gasteiger partial charge in [-0.05, 0) is 23.8 Å². The van der Waals surface area contributed by atoms with Gasteiger partial charge in [0.1, 0.15) is 5.75 Å². The number of nitrogens with two attached hydrogens (primary N) is 1. The van der Waals surface area contributed by atoms with E-state index in [2.05, 4.69) is 10.2 Å². The Morgan fingerprint density at radius 1 is 1.57 bits per heavy atom. The maximum atomic E-state index is 5.17. The van der Waals surface area contributed by atoms with E-state index in [-0.39, 0.29) is 0 Å². The Labute approximate surface area is 83.0 Å². The van der Waals surface area contributed by atoms with E-state index in [0.717, 1.165) is 18.0 Å². The van der Waals surface area contributed by atoms with Gasteiger partial charge < -0.3 is 14.9 Å². The molecule has 76 valence electrons. The third kappa shape index (κ3) is 1.54. The molecule has 1 aromatic rings. The van der Waals surface area contributed by atoms with Crippen LogP contribution in [-0.2, 0) is 4.84 Å². The molecule has 1 aliphatic heterocycles. The normalized spacial score (nSPS) is 18.9. The van der Waals surface area contributed by atoms with E-state index < -0.39 is 0 Å². The lowest BCUT2D eigenvalue weighted by Gasteiger charge is -2.08. The van der Waals surface area contributed by atoms with Gasteiger partial charge in [-0.15, -0.1) is 0 Å². The molecule has 0 fully saturated rings. The molecule has 0 aromatic heterocycles. The van der Waals surface area contributed by atoms with Gasteiger partial charge in [0, 0.05) is 18.2 Å². The van der Waals surface area contributed by atoms with Gasteiger partial charge in [0.2, 0.25) is 0 Å². The molecule has 0 saturated heterocycles. The van der Waals surface area contributed by atoms with Crippen LogP contribution >= 0.6 is 0 Å². The predicted molar refractivity (Wildman–Crippen MR) is 54.4 cm³/mol. The minimum atomic E-state index is 0.324. The SMILES string of the molecule is COc1ccc2c(c1)C(CON)CN2. The van der Waals surface area contributed by atoms with E-state index >= 15 is 0 Å². The van der Waals surface area contributed by atoms with Crippen LogP contribution in [0, 0.1) is 0 Å². The lowest BCUT2D eigenvalue weighted by Crippen LogP contribution is -2.12. The van der Waals surface area contributed by atoms with Crippen molar-refractivity contribution in [3.8, 4) is 5.75 Å². The summed E-state index contributed by atoms with van der Waals surface area (Å²) in [5.74, 6) is 6.27. The first-order chi connectivity index (χ1) is 6.85. The lowest BCUT2D eigenvalue weighted by molar-refractivity contribution is 0.127. The largest absolute Gasteiger partial charge is 0.497 e. The second-order valence-electron chi connectivity index (χ2n) is 3.36. The molecule has 0 spiro atoms. The lowest BCUT2D eigenvalue weighted by atomic mass is 10.0.